The number of nitro benzene ring substituents is 1. The summed E-state index contributed by atoms with van der Waals surface area (Å²) in [5, 5.41) is 10.7. The molecule has 0 aliphatic heterocycles. The number of hydrogen-bond donors (Lipinski definition) is 0. The summed E-state index contributed by atoms with van der Waals surface area (Å²) in [6, 6.07) is 22.5. The molecule has 1 atom stereocenters. The van der Waals surface area contributed by atoms with Gasteiger partial charge in [0, 0.05) is 17.7 Å². The van der Waals surface area contributed by atoms with Gasteiger partial charge in [0.25, 0.3) is 5.69 Å². The Bertz CT molecular complexity index is 954. The molecule has 0 heterocycles. The minimum absolute atomic E-state index is 0.0794. The van der Waals surface area contributed by atoms with E-state index >= 15 is 0 Å². The first-order chi connectivity index (χ1) is 13.5. The monoisotopic (exact) mass is 377 g/mol. The smallest absolute Gasteiger partial charge is 0.338 e. The maximum absolute atomic E-state index is 12.4. The summed E-state index contributed by atoms with van der Waals surface area (Å²) >= 11 is 0. The summed E-state index contributed by atoms with van der Waals surface area (Å²) in [4.78, 5) is 22.6. The highest BCUT2D eigenvalue weighted by atomic mass is 16.6. The predicted octanol–water partition coefficient (Wildman–Crippen LogP) is 5.09. The van der Waals surface area contributed by atoms with Crippen LogP contribution in [0.25, 0.3) is 0 Å². The molecule has 0 aliphatic carbocycles. The van der Waals surface area contributed by atoms with Crippen molar-refractivity contribution in [2.45, 2.75) is 19.6 Å². The molecule has 3 aromatic carbocycles. The number of nitro groups is 1. The quantitative estimate of drug-likeness (QED) is 0.325. The molecule has 28 heavy (non-hydrogen) atoms. The summed E-state index contributed by atoms with van der Waals surface area (Å²) in [5.41, 5.74) is 1.95. The van der Waals surface area contributed by atoms with Gasteiger partial charge >= 0.3 is 5.97 Å². The summed E-state index contributed by atoms with van der Waals surface area (Å²) in [7, 11) is 0. The third-order valence-electron chi connectivity index (χ3n) is 4.19. The second-order valence-corrected chi connectivity index (χ2v) is 6.16. The first-order valence-corrected chi connectivity index (χ1v) is 8.75. The van der Waals surface area contributed by atoms with E-state index in [1.165, 1.54) is 24.3 Å². The molecule has 0 N–H and O–H groups in total. The number of benzene rings is 3. The number of hydrogen-bond acceptors (Lipinski definition) is 5. The average Bonchev–Trinajstić information content (AvgIpc) is 2.73. The van der Waals surface area contributed by atoms with Crippen LogP contribution in [0.2, 0.25) is 0 Å². The van der Waals surface area contributed by atoms with E-state index in [1.807, 2.05) is 54.6 Å². The van der Waals surface area contributed by atoms with Gasteiger partial charge in [-0.1, -0.05) is 48.5 Å². The van der Waals surface area contributed by atoms with Crippen molar-refractivity contribution in [1.29, 1.82) is 0 Å². The molecule has 6 nitrogen and oxygen atoms in total. The highest BCUT2D eigenvalue weighted by molar-refractivity contribution is 5.89. The first-order valence-electron chi connectivity index (χ1n) is 8.75. The number of carbonyl (C=O) groups excluding carboxylic acids is 1. The Balaban J connectivity index is 1.69. The third-order valence-corrected chi connectivity index (χ3v) is 4.19. The fraction of sp³-hybridized carbons (Fsp3) is 0.136. The number of nitrogens with zero attached hydrogens (tertiary/aromatic N) is 1. The molecule has 0 saturated heterocycles. The molecular formula is C22H19NO5. The lowest BCUT2D eigenvalue weighted by molar-refractivity contribution is -0.384. The van der Waals surface area contributed by atoms with Gasteiger partial charge in [0.2, 0.25) is 0 Å². The largest absolute Gasteiger partial charge is 0.488 e. The molecule has 0 saturated carbocycles. The van der Waals surface area contributed by atoms with E-state index in [9.17, 15) is 14.9 Å². The number of esters is 1. The zero-order chi connectivity index (χ0) is 19.9. The van der Waals surface area contributed by atoms with Crippen LogP contribution in [0.3, 0.4) is 0 Å². The van der Waals surface area contributed by atoms with Gasteiger partial charge in [0.15, 0.2) is 0 Å². The van der Waals surface area contributed by atoms with Crippen molar-refractivity contribution in [2.24, 2.45) is 0 Å². The Hall–Kier alpha value is -3.67. The van der Waals surface area contributed by atoms with Gasteiger partial charge < -0.3 is 9.47 Å². The van der Waals surface area contributed by atoms with Crippen LogP contribution in [-0.4, -0.2) is 10.9 Å². The third kappa shape index (κ3) is 4.73. The van der Waals surface area contributed by atoms with E-state index in [4.69, 9.17) is 9.47 Å². The lowest BCUT2D eigenvalue weighted by Gasteiger charge is -2.18. The van der Waals surface area contributed by atoms with Crippen molar-refractivity contribution in [3.8, 4) is 5.75 Å². The summed E-state index contributed by atoms with van der Waals surface area (Å²) in [5.74, 6) is 0.0793. The highest BCUT2D eigenvalue weighted by Crippen LogP contribution is 2.29. The molecule has 0 fully saturated rings. The van der Waals surface area contributed by atoms with E-state index in [0.29, 0.717) is 12.4 Å². The minimum Gasteiger partial charge on any atom is -0.488 e. The van der Waals surface area contributed by atoms with Gasteiger partial charge in [-0.2, -0.15) is 0 Å². The Morgan fingerprint density at radius 2 is 1.61 bits per heavy atom. The lowest BCUT2D eigenvalue weighted by Crippen LogP contribution is -2.10. The molecule has 0 aliphatic rings. The number of para-hydroxylation sites is 1. The van der Waals surface area contributed by atoms with Crippen LogP contribution in [0.5, 0.6) is 5.75 Å². The highest BCUT2D eigenvalue weighted by Gasteiger charge is 2.18. The fourth-order valence-corrected chi connectivity index (χ4v) is 2.69. The molecule has 3 rings (SSSR count). The average molecular weight is 377 g/mol. The van der Waals surface area contributed by atoms with E-state index in [2.05, 4.69) is 0 Å². The molecular weight excluding hydrogens is 358 g/mol. The Kier molecular flexibility index (Phi) is 6.01. The second kappa shape index (κ2) is 8.81. The number of non-ortho nitro benzene ring substituents is 1. The second-order valence-electron chi connectivity index (χ2n) is 6.16. The molecule has 0 spiro atoms. The van der Waals surface area contributed by atoms with E-state index in [0.717, 1.165) is 11.1 Å². The molecule has 6 heteroatoms. The maximum atomic E-state index is 12.4. The Labute approximate surface area is 162 Å². The summed E-state index contributed by atoms with van der Waals surface area (Å²) in [6.07, 6.45) is -0.547. The van der Waals surface area contributed by atoms with Crippen LogP contribution in [0.15, 0.2) is 78.9 Å². The normalized spacial score (nSPS) is 11.5. The van der Waals surface area contributed by atoms with E-state index in [1.54, 1.807) is 6.92 Å². The molecule has 0 aromatic heterocycles. The van der Waals surface area contributed by atoms with Crippen molar-refractivity contribution in [3.05, 3.63) is 106 Å². The standard InChI is InChI=1S/C22H19NO5/c1-16(28-22(24)18-11-13-19(14-12-18)23(25)26)20-9-5-6-10-21(20)27-15-17-7-3-2-4-8-17/h2-14,16H,15H2,1H3/t16-/m0/s1. The van der Waals surface area contributed by atoms with Crippen LogP contribution >= 0.6 is 0 Å². The van der Waals surface area contributed by atoms with Crippen LogP contribution < -0.4 is 4.74 Å². The van der Waals surface area contributed by atoms with Crippen molar-refractivity contribution < 1.29 is 19.2 Å². The van der Waals surface area contributed by atoms with Crippen molar-refractivity contribution in [3.63, 3.8) is 0 Å². The molecule has 0 unspecified atom stereocenters. The number of carbonyl (C=O) groups is 1. The van der Waals surface area contributed by atoms with E-state index < -0.39 is 17.0 Å². The zero-order valence-electron chi connectivity index (χ0n) is 15.3. The predicted molar refractivity (Wildman–Crippen MR) is 104 cm³/mol. The summed E-state index contributed by atoms with van der Waals surface area (Å²) < 4.78 is 11.4. The van der Waals surface area contributed by atoms with Crippen LogP contribution in [0.4, 0.5) is 5.69 Å². The van der Waals surface area contributed by atoms with Gasteiger partial charge in [-0.05, 0) is 30.7 Å². The SMILES string of the molecule is C[C@H](OC(=O)c1ccc([N+](=O)[O-])cc1)c1ccccc1OCc1ccccc1. The van der Waals surface area contributed by atoms with E-state index in [-0.39, 0.29) is 11.3 Å². The van der Waals surface area contributed by atoms with Crippen LogP contribution in [0, 0.1) is 10.1 Å². The topological polar surface area (TPSA) is 78.7 Å². The Morgan fingerprint density at radius 3 is 2.29 bits per heavy atom. The molecule has 0 bridgehead atoms. The zero-order valence-corrected chi connectivity index (χ0v) is 15.3. The van der Waals surface area contributed by atoms with Gasteiger partial charge in [-0.15, -0.1) is 0 Å². The van der Waals surface area contributed by atoms with Crippen LogP contribution in [-0.2, 0) is 11.3 Å². The minimum atomic E-state index is -0.555. The fourth-order valence-electron chi connectivity index (χ4n) is 2.69. The van der Waals surface area contributed by atoms with Gasteiger partial charge in [0.05, 0.1) is 10.5 Å². The molecule has 142 valence electrons. The number of ether oxygens (including phenoxy) is 2. The molecule has 3 aromatic rings. The van der Waals surface area contributed by atoms with Crippen molar-refractivity contribution >= 4 is 11.7 Å². The van der Waals surface area contributed by atoms with Gasteiger partial charge in [0.1, 0.15) is 18.5 Å². The van der Waals surface area contributed by atoms with Gasteiger partial charge in [-0.3, -0.25) is 10.1 Å². The van der Waals surface area contributed by atoms with Crippen molar-refractivity contribution in [1.82, 2.24) is 0 Å². The van der Waals surface area contributed by atoms with Crippen LogP contribution in [0.1, 0.15) is 34.5 Å². The summed E-state index contributed by atoms with van der Waals surface area (Å²) in [6.45, 7) is 2.16. The molecule has 0 radical (unpaired) electrons. The van der Waals surface area contributed by atoms with Crippen molar-refractivity contribution in [2.75, 3.05) is 0 Å². The number of rotatable bonds is 7. The molecule has 0 amide bonds. The maximum Gasteiger partial charge on any atom is 0.338 e. The Morgan fingerprint density at radius 1 is 0.964 bits per heavy atom. The van der Waals surface area contributed by atoms with Gasteiger partial charge in [-0.25, -0.2) is 4.79 Å². The lowest BCUT2D eigenvalue weighted by atomic mass is 10.1. The first kappa shape index (κ1) is 19.1.